The van der Waals surface area contributed by atoms with Gasteiger partial charge in [0.1, 0.15) is 9.84 Å². The van der Waals surface area contributed by atoms with Crippen molar-refractivity contribution in [1.29, 1.82) is 0 Å². The molecule has 0 saturated heterocycles. The van der Waals surface area contributed by atoms with Crippen LogP contribution in [-0.2, 0) is 16.4 Å². The van der Waals surface area contributed by atoms with Crippen LogP contribution in [0.3, 0.4) is 0 Å². The first-order valence-corrected chi connectivity index (χ1v) is 7.33. The molecule has 5 heteroatoms. The molecule has 90 valence electrons. The minimum atomic E-state index is -2.83. The number of pyridine rings is 1. The summed E-state index contributed by atoms with van der Waals surface area (Å²) in [6.45, 7) is 3.49. The van der Waals surface area contributed by atoms with Crippen molar-refractivity contribution in [1.82, 2.24) is 10.3 Å². The molecule has 0 atom stereocenters. The van der Waals surface area contributed by atoms with Gasteiger partial charge in [-0.05, 0) is 37.1 Å². The number of aryl methyl sites for hydroxylation is 1. The first kappa shape index (κ1) is 13.1. The number of rotatable bonds is 6. The molecule has 0 bridgehead atoms. The van der Waals surface area contributed by atoms with E-state index >= 15 is 0 Å². The van der Waals surface area contributed by atoms with Gasteiger partial charge in [-0.25, -0.2) is 8.42 Å². The van der Waals surface area contributed by atoms with Crippen LogP contribution in [0.15, 0.2) is 18.5 Å². The lowest BCUT2D eigenvalue weighted by Gasteiger charge is -2.06. The zero-order chi connectivity index (χ0) is 12.0. The van der Waals surface area contributed by atoms with Crippen molar-refractivity contribution in [2.45, 2.75) is 19.9 Å². The Morgan fingerprint density at radius 2 is 2.19 bits per heavy atom. The van der Waals surface area contributed by atoms with Gasteiger partial charge in [-0.2, -0.15) is 0 Å². The highest BCUT2D eigenvalue weighted by Crippen LogP contribution is 2.03. The first-order valence-electron chi connectivity index (χ1n) is 5.27. The Morgan fingerprint density at radius 1 is 1.44 bits per heavy atom. The summed E-state index contributed by atoms with van der Waals surface area (Å²) in [7, 11) is -2.83. The molecule has 16 heavy (non-hydrogen) atoms. The fourth-order valence-electron chi connectivity index (χ4n) is 1.38. The van der Waals surface area contributed by atoms with E-state index in [1.807, 2.05) is 19.2 Å². The van der Waals surface area contributed by atoms with E-state index < -0.39 is 9.84 Å². The Bertz CT molecular complexity index is 429. The summed E-state index contributed by atoms with van der Waals surface area (Å²) in [5.74, 6) is 0.245. The molecule has 0 unspecified atom stereocenters. The molecule has 0 fully saturated rings. The number of nitrogens with zero attached hydrogens (tertiary/aromatic N) is 1. The lowest BCUT2D eigenvalue weighted by Crippen LogP contribution is -2.18. The van der Waals surface area contributed by atoms with Crippen molar-refractivity contribution in [2.75, 3.05) is 18.6 Å². The molecule has 1 aromatic heterocycles. The fraction of sp³-hybridized carbons (Fsp3) is 0.545. The maximum absolute atomic E-state index is 10.9. The maximum atomic E-state index is 10.9. The normalized spacial score (nSPS) is 11.6. The van der Waals surface area contributed by atoms with E-state index in [0.29, 0.717) is 6.42 Å². The Labute approximate surface area is 97.0 Å². The van der Waals surface area contributed by atoms with Crippen LogP contribution in [0.1, 0.15) is 17.5 Å². The van der Waals surface area contributed by atoms with Crippen molar-refractivity contribution >= 4 is 9.84 Å². The highest BCUT2D eigenvalue weighted by atomic mass is 32.2. The number of sulfone groups is 1. The van der Waals surface area contributed by atoms with Crippen LogP contribution in [0.25, 0.3) is 0 Å². The van der Waals surface area contributed by atoms with Crippen LogP contribution in [0.5, 0.6) is 0 Å². The van der Waals surface area contributed by atoms with E-state index in [2.05, 4.69) is 10.3 Å². The molecule has 0 aliphatic heterocycles. The Hall–Kier alpha value is -0.940. The highest BCUT2D eigenvalue weighted by Gasteiger charge is 2.01. The van der Waals surface area contributed by atoms with Gasteiger partial charge in [-0.15, -0.1) is 0 Å². The summed E-state index contributed by atoms with van der Waals surface area (Å²) in [6.07, 6.45) is 5.51. The zero-order valence-corrected chi connectivity index (χ0v) is 10.5. The standard InChI is InChI=1S/C11H18N2O2S/c1-10-8-13-6-4-11(10)9-12-5-3-7-16(2,14)15/h4,6,8,12H,3,5,7,9H2,1-2H3. The predicted molar refractivity (Wildman–Crippen MR) is 65.0 cm³/mol. The van der Waals surface area contributed by atoms with Crippen LogP contribution in [-0.4, -0.2) is 32.0 Å². The molecule has 0 aliphatic rings. The molecule has 0 saturated carbocycles. The van der Waals surface area contributed by atoms with Crippen molar-refractivity contribution < 1.29 is 8.42 Å². The summed E-state index contributed by atoms with van der Waals surface area (Å²) < 4.78 is 21.8. The van der Waals surface area contributed by atoms with Gasteiger partial charge in [0.25, 0.3) is 0 Å². The lowest BCUT2D eigenvalue weighted by molar-refractivity contribution is 0.594. The van der Waals surface area contributed by atoms with Crippen LogP contribution in [0.4, 0.5) is 0 Å². The van der Waals surface area contributed by atoms with E-state index in [0.717, 1.165) is 18.7 Å². The summed E-state index contributed by atoms with van der Waals surface area (Å²) in [4.78, 5) is 4.01. The molecule has 0 aliphatic carbocycles. The van der Waals surface area contributed by atoms with Gasteiger partial charge in [0.2, 0.25) is 0 Å². The lowest BCUT2D eigenvalue weighted by atomic mass is 10.1. The first-order chi connectivity index (χ1) is 7.49. The van der Waals surface area contributed by atoms with E-state index in [1.54, 1.807) is 6.20 Å². The second kappa shape index (κ2) is 5.96. The number of hydrogen-bond acceptors (Lipinski definition) is 4. The third-order valence-corrected chi connectivity index (χ3v) is 3.35. The van der Waals surface area contributed by atoms with Gasteiger partial charge in [0.15, 0.2) is 0 Å². The SMILES string of the molecule is Cc1cnccc1CNCCCS(C)(=O)=O. The molecule has 1 rings (SSSR count). The fourth-order valence-corrected chi connectivity index (χ4v) is 2.05. The average Bonchev–Trinajstić information content (AvgIpc) is 2.18. The van der Waals surface area contributed by atoms with E-state index in [9.17, 15) is 8.42 Å². The van der Waals surface area contributed by atoms with Gasteiger partial charge < -0.3 is 5.32 Å². The Balaban J connectivity index is 2.24. The largest absolute Gasteiger partial charge is 0.313 e. The van der Waals surface area contributed by atoms with Crippen LogP contribution in [0.2, 0.25) is 0 Å². The third kappa shape index (κ3) is 5.23. The van der Waals surface area contributed by atoms with Gasteiger partial charge in [0.05, 0.1) is 5.75 Å². The van der Waals surface area contributed by atoms with Gasteiger partial charge in [-0.1, -0.05) is 0 Å². The van der Waals surface area contributed by atoms with E-state index in [-0.39, 0.29) is 5.75 Å². The number of aromatic nitrogens is 1. The van der Waals surface area contributed by atoms with Gasteiger partial charge in [-0.3, -0.25) is 4.98 Å². The molecule has 1 N–H and O–H groups in total. The van der Waals surface area contributed by atoms with Crippen LogP contribution in [0, 0.1) is 6.92 Å². The van der Waals surface area contributed by atoms with Crippen molar-refractivity contribution in [2.24, 2.45) is 0 Å². The highest BCUT2D eigenvalue weighted by molar-refractivity contribution is 7.90. The molecule has 0 aromatic carbocycles. The van der Waals surface area contributed by atoms with E-state index in [4.69, 9.17) is 0 Å². The van der Waals surface area contributed by atoms with Gasteiger partial charge in [0, 0.05) is 25.2 Å². The minimum absolute atomic E-state index is 0.245. The second-order valence-corrected chi connectivity index (χ2v) is 6.22. The predicted octanol–water partition coefficient (Wildman–Crippen LogP) is 0.914. The van der Waals surface area contributed by atoms with Crippen LogP contribution < -0.4 is 5.32 Å². The van der Waals surface area contributed by atoms with Crippen molar-refractivity contribution in [3.05, 3.63) is 29.6 Å². The smallest absolute Gasteiger partial charge is 0.147 e. The van der Waals surface area contributed by atoms with Gasteiger partial charge >= 0.3 is 0 Å². The molecule has 0 radical (unpaired) electrons. The molecule has 0 spiro atoms. The quantitative estimate of drug-likeness (QED) is 0.753. The maximum Gasteiger partial charge on any atom is 0.147 e. The summed E-state index contributed by atoms with van der Waals surface area (Å²) in [5, 5.41) is 3.22. The number of nitrogens with one attached hydrogen (secondary N) is 1. The number of hydrogen-bond donors (Lipinski definition) is 1. The minimum Gasteiger partial charge on any atom is -0.313 e. The molecule has 1 aromatic rings. The molecular weight excluding hydrogens is 224 g/mol. The Kier molecular flexibility index (Phi) is 4.89. The zero-order valence-electron chi connectivity index (χ0n) is 9.73. The van der Waals surface area contributed by atoms with Crippen molar-refractivity contribution in [3.8, 4) is 0 Å². The van der Waals surface area contributed by atoms with Crippen molar-refractivity contribution in [3.63, 3.8) is 0 Å². The topological polar surface area (TPSA) is 59.1 Å². The summed E-state index contributed by atoms with van der Waals surface area (Å²) >= 11 is 0. The molecule has 1 heterocycles. The monoisotopic (exact) mass is 242 g/mol. The Morgan fingerprint density at radius 3 is 2.81 bits per heavy atom. The van der Waals surface area contributed by atoms with Crippen LogP contribution >= 0.6 is 0 Å². The summed E-state index contributed by atoms with van der Waals surface area (Å²) in [6, 6.07) is 1.97. The van der Waals surface area contributed by atoms with E-state index in [1.165, 1.54) is 11.8 Å². The average molecular weight is 242 g/mol. The molecule has 4 nitrogen and oxygen atoms in total. The summed E-state index contributed by atoms with van der Waals surface area (Å²) in [5.41, 5.74) is 2.35. The molecule has 0 amide bonds. The second-order valence-electron chi connectivity index (χ2n) is 3.96. The third-order valence-electron chi connectivity index (χ3n) is 2.32. The molecular formula is C11H18N2O2S.